The Morgan fingerprint density at radius 3 is 1.93 bits per heavy atom. The highest BCUT2D eigenvalue weighted by atomic mass is 16.4. The van der Waals surface area contributed by atoms with E-state index in [0.29, 0.717) is 11.0 Å². The maximum absolute atomic E-state index is 12.9. The van der Waals surface area contributed by atoms with Crippen LogP contribution in [0.2, 0.25) is 0 Å². The number of nitrogens with zero attached hydrogens (tertiary/aromatic N) is 2. The number of aromatic nitrogens is 2. The van der Waals surface area contributed by atoms with Gasteiger partial charge in [0, 0.05) is 0 Å². The molecule has 0 spiro atoms. The highest BCUT2D eigenvalue weighted by molar-refractivity contribution is 5.77. The van der Waals surface area contributed by atoms with Gasteiger partial charge in [-0.2, -0.15) is 0 Å². The SMILES string of the molecule is Cc1cc2c(cc1C)n(CC(O)C(O)C(O)CO)c(=O)c(=O)n2Cc1ccccc1. The summed E-state index contributed by atoms with van der Waals surface area (Å²) in [5.41, 5.74) is 2.05. The zero-order valence-electron chi connectivity index (χ0n) is 16.9. The summed E-state index contributed by atoms with van der Waals surface area (Å²) in [6.45, 7) is 2.83. The van der Waals surface area contributed by atoms with E-state index in [9.17, 15) is 24.9 Å². The van der Waals surface area contributed by atoms with Crippen molar-refractivity contribution in [3.8, 4) is 0 Å². The smallest absolute Gasteiger partial charge is 0.317 e. The molecule has 0 amide bonds. The van der Waals surface area contributed by atoms with E-state index in [0.717, 1.165) is 21.3 Å². The van der Waals surface area contributed by atoms with Crippen molar-refractivity contribution >= 4 is 11.0 Å². The van der Waals surface area contributed by atoms with Gasteiger partial charge in [0.1, 0.15) is 18.3 Å². The van der Waals surface area contributed by atoms with E-state index in [4.69, 9.17) is 5.11 Å². The third-order valence-electron chi connectivity index (χ3n) is 5.37. The Kier molecular flexibility index (Phi) is 6.52. The summed E-state index contributed by atoms with van der Waals surface area (Å²) < 4.78 is 2.52. The van der Waals surface area contributed by atoms with Crippen LogP contribution in [0.1, 0.15) is 16.7 Å². The molecule has 8 heteroatoms. The van der Waals surface area contributed by atoms with Crippen LogP contribution < -0.4 is 11.1 Å². The average Bonchev–Trinajstić information content (AvgIpc) is 2.75. The van der Waals surface area contributed by atoms with Crippen LogP contribution in [0, 0.1) is 13.8 Å². The molecule has 160 valence electrons. The zero-order chi connectivity index (χ0) is 22.0. The molecule has 0 bridgehead atoms. The Morgan fingerprint density at radius 2 is 1.37 bits per heavy atom. The van der Waals surface area contributed by atoms with Crippen molar-refractivity contribution in [3.63, 3.8) is 0 Å². The number of aryl methyl sites for hydroxylation is 2. The van der Waals surface area contributed by atoms with E-state index in [2.05, 4.69) is 0 Å². The fourth-order valence-corrected chi connectivity index (χ4v) is 3.43. The van der Waals surface area contributed by atoms with E-state index in [1.165, 1.54) is 4.57 Å². The van der Waals surface area contributed by atoms with Crippen LogP contribution in [0.25, 0.3) is 11.0 Å². The fraction of sp³-hybridized carbons (Fsp3) is 0.364. The summed E-state index contributed by atoms with van der Waals surface area (Å²) in [7, 11) is 0. The lowest BCUT2D eigenvalue weighted by Gasteiger charge is -2.23. The van der Waals surface area contributed by atoms with Crippen LogP contribution in [0.4, 0.5) is 0 Å². The molecule has 0 aliphatic rings. The Bertz CT molecular complexity index is 1150. The molecule has 0 saturated heterocycles. The van der Waals surface area contributed by atoms with Crippen molar-refractivity contribution in [2.45, 2.75) is 45.2 Å². The lowest BCUT2D eigenvalue weighted by molar-refractivity contribution is -0.0805. The van der Waals surface area contributed by atoms with E-state index < -0.39 is 42.6 Å². The number of benzene rings is 2. The summed E-state index contributed by atoms with van der Waals surface area (Å²) in [5, 5.41) is 38.8. The Balaban J connectivity index is 2.19. The second-order valence-corrected chi connectivity index (χ2v) is 7.53. The molecule has 0 fully saturated rings. The van der Waals surface area contributed by atoms with Gasteiger partial charge in [-0.15, -0.1) is 0 Å². The van der Waals surface area contributed by atoms with Gasteiger partial charge in [-0.3, -0.25) is 18.7 Å². The topological polar surface area (TPSA) is 125 Å². The minimum atomic E-state index is -1.67. The van der Waals surface area contributed by atoms with Crippen LogP contribution >= 0.6 is 0 Å². The predicted octanol–water partition coefficient (Wildman–Crippen LogP) is -0.0967. The molecule has 30 heavy (non-hydrogen) atoms. The molecule has 3 unspecified atom stereocenters. The number of hydrogen-bond acceptors (Lipinski definition) is 6. The van der Waals surface area contributed by atoms with Crippen molar-refractivity contribution < 1.29 is 20.4 Å². The minimum absolute atomic E-state index is 0.211. The third-order valence-corrected chi connectivity index (χ3v) is 5.37. The lowest BCUT2D eigenvalue weighted by atomic mass is 10.1. The number of fused-ring (bicyclic) bond motifs is 1. The van der Waals surface area contributed by atoms with Gasteiger partial charge in [0.15, 0.2) is 0 Å². The Morgan fingerprint density at radius 1 is 0.833 bits per heavy atom. The molecule has 3 aromatic rings. The zero-order valence-corrected chi connectivity index (χ0v) is 16.9. The molecule has 0 aliphatic heterocycles. The lowest BCUT2D eigenvalue weighted by Crippen LogP contribution is -2.47. The first-order valence-corrected chi connectivity index (χ1v) is 9.68. The second kappa shape index (κ2) is 8.93. The first-order valence-electron chi connectivity index (χ1n) is 9.68. The normalized spacial score (nSPS) is 14.6. The standard InChI is InChI=1S/C22H26N2O6/c1-13-8-16-17(9-14(13)2)24(11-18(26)20(28)19(27)12-25)22(30)21(29)23(16)10-15-6-4-3-5-7-15/h3-9,18-20,25-28H,10-12H2,1-2H3. The van der Waals surface area contributed by atoms with E-state index in [1.54, 1.807) is 6.07 Å². The third kappa shape index (κ3) is 4.22. The summed E-state index contributed by atoms with van der Waals surface area (Å²) in [5.74, 6) is 0. The summed E-state index contributed by atoms with van der Waals surface area (Å²) in [6, 6.07) is 12.9. The second-order valence-electron chi connectivity index (χ2n) is 7.53. The van der Waals surface area contributed by atoms with Crippen LogP contribution in [-0.2, 0) is 13.1 Å². The monoisotopic (exact) mass is 414 g/mol. The molecule has 3 atom stereocenters. The molecule has 0 radical (unpaired) electrons. The summed E-state index contributed by atoms with van der Waals surface area (Å²) in [6.07, 6.45) is -4.79. The van der Waals surface area contributed by atoms with Crippen LogP contribution in [0.3, 0.4) is 0 Å². The molecular weight excluding hydrogens is 388 g/mol. The van der Waals surface area contributed by atoms with Gasteiger partial charge in [-0.05, 0) is 42.7 Å². The van der Waals surface area contributed by atoms with Crippen molar-refractivity contribution in [2.24, 2.45) is 0 Å². The van der Waals surface area contributed by atoms with E-state index in [-0.39, 0.29) is 6.54 Å². The number of aliphatic hydroxyl groups is 4. The number of hydrogen-bond donors (Lipinski definition) is 4. The van der Waals surface area contributed by atoms with Gasteiger partial charge < -0.3 is 20.4 Å². The van der Waals surface area contributed by atoms with Gasteiger partial charge in [-0.25, -0.2) is 0 Å². The average molecular weight is 414 g/mol. The minimum Gasteiger partial charge on any atom is -0.394 e. The molecule has 8 nitrogen and oxygen atoms in total. The highest BCUT2D eigenvalue weighted by Crippen LogP contribution is 2.19. The quantitative estimate of drug-likeness (QED) is 0.400. The summed E-state index contributed by atoms with van der Waals surface area (Å²) >= 11 is 0. The molecule has 1 aromatic heterocycles. The predicted molar refractivity (Wildman–Crippen MR) is 113 cm³/mol. The molecule has 2 aromatic carbocycles. The number of aliphatic hydroxyl groups excluding tert-OH is 4. The van der Waals surface area contributed by atoms with Crippen LogP contribution in [-0.4, -0.2) is 54.5 Å². The van der Waals surface area contributed by atoms with Gasteiger partial charge in [0.2, 0.25) is 0 Å². The first kappa shape index (κ1) is 21.9. The van der Waals surface area contributed by atoms with Gasteiger partial charge >= 0.3 is 11.1 Å². The largest absolute Gasteiger partial charge is 0.394 e. The summed E-state index contributed by atoms with van der Waals surface area (Å²) in [4.78, 5) is 25.9. The van der Waals surface area contributed by atoms with Crippen LogP contribution in [0.15, 0.2) is 52.1 Å². The molecule has 0 saturated carbocycles. The van der Waals surface area contributed by atoms with Crippen molar-refractivity contribution in [1.29, 1.82) is 0 Å². The Hall–Kier alpha value is -2.78. The molecular formula is C22H26N2O6. The Labute approximate surface area is 172 Å². The van der Waals surface area contributed by atoms with E-state index in [1.807, 2.05) is 50.2 Å². The molecule has 4 N–H and O–H groups in total. The molecule has 0 aliphatic carbocycles. The molecule has 3 rings (SSSR count). The highest BCUT2D eigenvalue weighted by Gasteiger charge is 2.26. The molecule has 1 heterocycles. The van der Waals surface area contributed by atoms with E-state index >= 15 is 0 Å². The maximum atomic E-state index is 12.9. The maximum Gasteiger partial charge on any atom is 0.317 e. The van der Waals surface area contributed by atoms with Gasteiger partial charge in [0.05, 0.1) is 30.7 Å². The van der Waals surface area contributed by atoms with Gasteiger partial charge in [0.25, 0.3) is 0 Å². The fourth-order valence-electron chi connectivity index (χ4n) is 3.43. The van der Waals surface area contributed by atoms with Gasteiger partial charge in [-0.1, -0.05) is 30.3 Å². The van der Waals surface area contributed by atoms with Crippen molar-refractivity contribution in [3.05, 3.63) is 79.9 Å². The van der Waals surface area contributed by atoms with Crippen molar-refractivity contribution in [2.75, 3.05) is 6.61 Å². The van der Waals surface area contributed by atoms with Crippen LogP contribution in [0.5, 0.6) is 0 Å². The number of rotatable bonds is 7. The first-order chi connectivity index (χ1) is 14.2. The van der Waals surface area contributed by atoms with Crippen molar-refractivity contribution in [1.82, 2.24) is 9.13 Å².